The number of hydrogen-bond donors (Lipinski definition) is 2. The Bertz CT molecular complexity index is 779. The molecule has 0 radical (unpaired) electrons. The molecule has 0 saturated carbocycles. The molecule has 8 nitrogen and oxygen atoms in total. The van der Waals surface area contributed by atoms with Crippen molar-refractivity contribution >= 4 is 17.8 Å². The summed E-state index contributed by atoms with van der Waals surface area (Å²) in [6.45, 7) is 1.03. The van der Waals surface area contributed by atoms with E-state index in [0.717, 1.165) is 0 Å². The van der Waals surface area contributed by atoms with E-state index in [0.29, 0.717) is 31.7 Å². The smallest absolute Gasteiger partial charge is 0.354 e. The maximum Gasteiger partial charge on any atom is 0.354 e. The molecule has 2 aromatic heterocycles. The number of piperidine rings is 1. The third-order valence-corrected chi connectivity index (χ3v) is 4.09. The molecule has 130 valence electrons. The molecule has 3 heterocycles. The average molecular weight is 343 g/mol. The van der Waals surface area contributed by atoms with Gasteiger partial charge in [0.1, 0.15) is 5.69 Å². The number of likely N-dealkylation sites (tertiary alicyclic amines) is 1. The molecule has 3 rings (SSSR count). The maximum atomic E-state index is 12.3. The van der Waals surface area contributed by atoms with Gasteiger partial charge in [0.05, 0.1) is 6.26 Å². The lowest BCUT2D eigenvalue weighted by Crippen LogP contribution is -2.46. The van der Waals surface area contributed by atoms with Crippen LogP contribution in [0, 0.1) is 0 Å². The molecule has 1 fully saturated rings. The van der Waals surface area contributed by atoms with E-state index in [2.05, 4.69) is 10.3 Å². The number of hydrogen-bond acceptors (Lipinski definition) is 5. The van der Waals surface area contributed by atoms with E-state index in [4.69, 9.17) is 9.52 Å². The van der Waals surface area contributed by atoms with Crippen molar-refractivity contribution in [3.8, 4) is 0 Å². The molecule has 8 heteroatoms. The van der Waals surface area contributed by atoms with Crippen LogP contribution in [0.2, 0.25) is 0 Å². The minimum atomic E-state index is -1.18. The topological polar surface area (TPSA) is 113 Å². The molecule has 1 saturated heterocycles. The van der Waals surface area contributed by atoms with Crippen molar-refractivity contribution in [1.29, 1.82) is 0 Å². The number of pyridine rings is 1. The van der Waals surface area contributed by atoms with E-state index in [9.17, 15) is 14.4 Å². The Morgan fingerprint density at radius 1 is 1.24 bits per heavy atom. The molecule has 2 aromatic rings. The second-order valence-corrected chi connectivity index (χ2v) is 5.75. The van der Waals surface area contributed by atoms with Crippen molar-refractivity contribution < 1.29 is 23.9 Å². The second-order valence-electron chi connectivity index (χ2n) is 5.75. The van der Waals surface area contributed by atoms with Crippen LogP contribution >= 0.6 is 0 Å². The van der Waals surface area contributed by atoms with Gasteiger partial charge < -0.3 is 19.7 Å². The fraction of sp³-hybridized carbons (Fsp3) is 0.294. The zero-order valence-corrected chi connectivity index (χ0v) is 13.3. The number of nitrogens with zero attached hydrogens (tertiary/aromatic N) is 2. The van der Waals surface area contributed by atoms with Crippen LogP contribution in [0.15, 0.2) is 41.1 Å². The van der Waals surface area contributed by atoms with Crippen molar-refractivity contribution in [2.24, 2.45) is 0 Å². The summed E-state index contributed by atoms with van der Waals surface area (Å²) in [5.74, 6) is -1.38. The molecule has 2 amide bonds. The Labute approximate surface area is 143 Å². The molecule has 0 spiro atoms. The Morgan fingerprint density at radius 3 is 2.64 bits per heavy atom. The number of nitrogens with one attached hydrogen (secondary N) is 1. The molecule has 1 aliphatic heterocycles. The van der Waals surface area contributed by atoms with E-state index < -0.39 is 5.97 Å². The van der Waals surface area contributed by atoms with E-state index in [1.54, 1.807) is 17.0 Å². The van der Waals surface area contributed by atoms with Gasteiger partial charge in [0, 0.05) is 30.9 Å². The Hall–Kier alpha value is -3.16. The third kappa shape index (κ3) is 3.85. The van der Waals surface area contributed by atoms with E-state index in [-0.39, 0.29) is 29.1 Å². The van der Waals surface area contributed by atoms with Crippen molar-refractivity contribution in [3.05, 3.63) is 53.7 Å². The lowest BCUT2D eigenvalue weighted by atomic mass is 10.0. The summed E-state index contributed by atoms with van der Waals surface area (Å²) < 4.78 is 5.11. The molecule has 0 atom stereocenters. The fourth-order valence-electron chi connectivity index (χ4n) is 2.74. The first-order valence-electron chi connectivity index (χ1n) is 7.87. The summed E-state index contributed by atoms with van der Waals surface area (Å²) in [6.07, 6.45) is 3.99. The first-order valence-corrected chi connectivity index (χ1v) is 7.87. The highest BCUT2D eigenvalue weighted by atomic mass is 16.4. The van der Waals surface area contributed by atoms with Crippen LogP contribution < -0.4 is 5.32 Å². The number of amides is 2. The van der Waals surface area contributed by atoms with E-state index in [1.807, 2.05) is 0 Å². The number of carbonyl (C=O) groups is 3. The van der Waals surface area contributed by atoms with Gasteiger partial charge in [-0.25, -0.2) is 9.78 Å². The molecule has 1 aliphatic rings. The largest absolute Gasteiger partial charge is 0.477 e. The number of carboxylic acid groups (broad SMARTS) is 1. The monoisotopic (exact) mass is 343 g/mol. The minimum Gasteiger partial charge on any atom is -0.477 e. The van der Waals surface area contributed by atoms with E-state index in [1.165, 1.54) is 24.6 Å². The van der Waals surface area contributed by atoms with Crippen LogP contribution in [0.4, 0.5) is 0 Å². The highest BCUT2D eigenvalue weighted by Crippen LogP contribution is 2.15. The summed E-state index contributed by atoms with van der Waals surface area (Å²) in [5.41, 5.74) is 0.0769. The number of aromatic nitrogens is 1. The van der Waals surface area contributed by atoms with Crippen LogP contribution in [0.5, 0.6) is 0 Å². The summed E-state index contributed by atoms with van der Waals surface area (Å²) in [7, 11) is 0. The van der Waals surface area contributed by atoms with Crippen LogP contribution in [0.3, 0.4) is 0 Å². The third-order valence-electron chi connectivity index (χ3n) is 4.09. The fourth-order valence-corrected chi connectivity index (χ4v) is 2.74. The van der Waals surface area contributed by atoms with Gasteiger partial charge in [-0.2, -0.15) is 0 Å². The lowest BCUT2D eigenvalue weighted by molar-refractivity contribution is 0.0665. The zero-order valence-electron chi connectivity index (χ0n) is 13.3. The van der Waals surface area contributed by atoms with Crippen molar-refractivity contribution in [1.82, 2.24) is 15.2 Å². The molecular formula is C17H17N3O5. The first-order chi connectivity index (χ1) is 12.0. The molecule has 25 heavy (non-hydrogen) atoms. The Morgan fingerprint density at radius 2 is 2.00 bits per heavy atom. The van der Waals surface area contributed by atoms with Crippen LogP contribution in [-0.2, 0) is 0 Å². The van der Waals surface area contributed by atoms with Crippen molar-refractivity contribution in [2.45, 2.75) is 18.9 Å². The Kier molecular flexibility index (Phi) is 4.78. The molecule has 0 bridgehead atoms. The molecule has 0 aromatic carbocycles. The van der Waals surface area contributed by atoms with Gasteiger partial charge in [-0.3, -0.25) is 9.59 Å². The number of rotatable bonds is 4. The lowest BCUT2D eigenvalue weighted by Gasteiger charge is -2.31. The predicted octanol–water partition coefficient (Wildman–Crippen LogP) is 1.41. The first kappa shape index (κ1) is 16.7. The normalized spacial score (nSPS) is 15.0. The maximum absolute atomic E-state index is 12.3. The highest BCUT2D eigenvalue weighted by molar-refractivity contribution is 5.96. The van der Waals surface area contributed by atoms with Crippen molar-refractivity contribution in [2.75, 3.05) is 13.1 Å². The second kappa shape index (κ2) is 7.16. The van der Waals surface area contributed by atoms with Crippen molar-refractivity contribution in [3.63, 3.8) is 0 Å². The van der Waals surface area contributed by atoms with Gasteiger partial charge in [-0.1, -0.05) is 0 Å². The number of aromatic carboxylic acids is 1. The number of carbonyl (C=O) groups excluding carboxylic acids is 2. The Balaban J connectivity index is 1.55. The van der Waals surface area contributed by atoms with Gasteiger partial charge in [0.25, 0.3) is 11.8 Å². The van der Waals surface area contributed by atoms with Crippen LogP contribution in [0.25, 0.3) is 0 Å². The number of furan rings is 1. The van der Waals surface area contributed by atoms with Crippen LogP contribution in [-0.4, -0.2) is 51.9 Å². The zero-order chi connectivity index (χ0) is 17.8. The van der Waals surface area contributed by atoms with Gasteiger partial charge in [0.2, 0.25) is 0 Å². The van der Waals surface area contributed by atoms with Gasteiger partial charge in [0.15, 0.2) is 5.76 Å². The summed E-state index contributed by atoms with van der Waals surface area (Å²) in [6, 6.07) is 5.93. The molecule has 0 unspecified atom stereocenters. The SMILES string of the molecule is O=C(NC1CCN(C(=O)c2ccco2)CC1)c1ccnc(C(=O)O)c1. The van der Waals surface area contributed by atoms with Crippen LogP contribution in [0.1, 0.15) is 44.2 Å². The summed E-state index contributed by atoms with van der Waals surface area (Å²) in [4.78, 5) is 40.8. The van der Waals surface area contributed by atoms with Gasteiger partial charge in [-0.15, -0.1) is 0 Å². The minimum absolute atomic E-state index is 0.0744. The average Bonchev–Trinajstić information content (AvgIpc) is 3.16. The molecule has 0 aliphatic carbocycles. The van der Waals surface area contributed by atoms with E-state index >= 15 is 0 Å². The van der Waals surface area contributed by atoms with Gasteiger partial charge in [-0.05, 0) is 37.1 Å². The molecular weight excluding hydrogens is 326 g/mol. The predicted molar refractivity (Wildman–Crippen MR) is 86.3 cm³/mol. The quantitative estimate of drug-likeness (QED) is 0.868. The molecule has 2 N–H and O–H groups in total. The highest BCUT2D eigenvalue weighted by Gasteiger charge is 2.26. The summed E-state index contributed by atoms with van der Waals surface area (Å²) in [5, 5.41) is 11.8. The summed E-state index contributed by atoms with van der Waals surface area (Å²) >= 11 is 0. The standard InChI is InChI=1S/C17H17N3O5/c21-15(11-3-6-18-13(10-11)17(23)24)19-12-4-7-20(8-5-12)16(22)14-2-1-9-25-14/h1-3,6,9-10,12H,4-5,7-8H2,(H,19,21)(H,23,24). The van der Waals surface area contributed by atoms with Gasteiger partial charge >= 0.3 is 5.97 Å². The number of carboxylic acids is 1.